The van der Waals surface area contributed by atoms with E-state index in [1.165, 1.54) is 0 Å². The zero-order valence-electron chi connectivity index (χ0n) is 9.90. The summed E-state index contributed by atoms with van der Waals surface area (Å²) in [5.74, 6) is 0.369. The molecule has 0 bridgehead atoms. The van der Waals surface area contributed by atoms with Crippen LogP contribution in [-0.4, -0.2) is 34.6 Å². The molecule has 3 N–H and O–H groups in total. The lowest BCUT2D eigenvalue weighted by atomic mass is 9.88. The van der Waals surface area contributed by atoms with Crippen LogP contribution >= 0.6 is 22.6 Å². The number of amides is 1. The first kappa shape index (κ1) is 12.2. The average molecular weight is 358 g/mol. The van der Waals surface area contributed by atoms with E-state index in [-0.39, 0.29) is 5.91 Å². The molecule has 1 saturated heterocycles. The molecule has 4 nitrogen and oxygen atoms in total. The van der Waals surface area contributed by atoms with Crippen LogP contribution in [0.15, 0.2) is 18.2 Å². The second-order valence-electron chi connectivity index (χ2n) is 5.31. The Bertz CT molecular complexity index is 487. The summed E-state index contributed by atoms with van der Waals surface area (Å²) in [6, 6.07) is 5.35. The van der Waals surface area contributed by atoms with Gasteiger partial charge in [-0.15, -0.1) is 0 Å². The van der Waals surface area contributed by atoms with Gasteiger partial charge in [0.2, 0.25) is 0 Å². The van der Waals surface area contributed by atoms with Gasteiger partial charge in [-0.2, -0.15) is 0 Å². The molecule has 5 heteroatoms. The maximum absolute atomic E-state index is 12.2. The van der Waals surface area contributed by atoms with Crippen LogP contribution in [0.25, 0.3) is 0 Å². The minimum Gasteiger partial charge on any atom is -0.399 e. The zero-order valence-corrected chi connectivity index (χ0v) is 12.1. The van der Waals surface area contributed by atoms with E-state index in [1.807, 2.05) is 12.1 Å². The molecule has 0 radical (unpaired) electrons. The standard InChI is InChI=1S/C13H15IN2O2/c14-10-3-8(4-11(15)5-10)12(17)16-6-13(18,7-16)9-1-2-9/h3-5,9,18H,1-2,6-7,15H2. The van der Waals surface area contributed by atoms with E-state index in [4.69, 9.17) is 5.73 Å². The zero-order chi connectivity index (χ0) is 12.9. The molecule has 1 aliphatic heterocycles. The number of nitrogens with zero attached hydrogens (tertiary/aromatic N) is 1. The largest absolute Gasteiger partial charge is 0.399 e. The minimum absolute atomic E-state index is 0.0365. The summed E-state index contributed by atoms with van der Waals surface area (Å²) in [5, 5.41) is 10.2. The van der Waals surface area contributed by atoms with Crippen LogP contribution in [0, 0.1) is 9.49 Å². The van der Waals surface area contributed by atoms with Crippen molar-refractivity contribution < 1.29 is 9.90 Å². The van der Waals surface area contributed by atoms with Gasteiger partial charge in [0.25, 0.3) is 5.91 Å². The van der Waals surface area contributed by atoms with E-state index < -0.39 is 5.60 Å². The van der Waals surface area contributed by atoms with Crippen LogP contribution in [0.5, 0.6) is 0 Å². The molecule has 18 heavy (non-hydrogen) atoms. The fourth-order valence-corrected chi connectivity index (χ4v) is 3.25. The molecular weight excluding hydrogens is 343 g/mol. The Balaban J connectivity index is 1.72. The number of carbonyl (C=O) groups excluding carboxylic acids is 1. The second kappa shape index (κ2) is 4.09. The molecule has 1 amide bonds. The van der Waals surface area contributed by atoms with Crippen LogP contribution in [0.4, 0.5) is 5.69 Å². The third-order valence-electron chi connectivity index (χ3n) is 3.72. The molecule has 1 aliphatic carbocycles. The minimum atomic E-state index is -0.622. The van der Waals surface area contributed by atoms with Gasteiger partial charge in [0.1, 0.15) is 5.60 Å². The highest BCUT2D eigenvalue weighted by molar-refractivity contribution is 14.1. The van der Waals surface area contributed by atoms with Crippen molar-refractivity contribution in [2.24, 2.45) is 5.92 Å². The van der Waals surface area contributed by atoms with Crippen molar-refractivity contribution in [3.05, 3.63) is 27.3 Å². The summed E-state index contributed by atoms with van der Waals surface area (Å²) >= 11 is 2.15. The molecule has 3 rings (SSSR count). The SMILES string of the molecule is Nc1cc(I)cc(C(=O)N2CC(O)(C3CC3)C2)c1. The van der Waals surface area contributed by atoms with E-state index in [9.17, 15) is 9.90 Å². The molecule has 96 valence electrons. The fourth-order valence-electron chi connectivity index (χ4n) is 2.56. The van der Waals surface area contributed by atoms with Crippen LogP contribution in [0.3, 0.4) is 0 Å². The Kier molecular flexibility index (Phi) is 2.78. The van der Waals surface area contributed by atoms with Gasteiger partial charge in [-0.3, -0.25) is 4.79 Å². The number of hydrogen-bond donors (Lipinski definition) is 2. The number of likely N-dealkylation sites (tertiary alicyclic amines) is 1. The van der Waals surface area contributed by atoms with Crippen molar-refractivity contribution in [3.63, 3.8) is 0 Å². The molecule has 2 fully saturated rings. The Morgan fingerprint density at radius 1 is 1.39 bits per heavy atom. The Morgan fingerprint density at radius 2 is 2.06 bits per heavy atom. The molecular formula is C13H15IN2O2. The Hall–Kier alpha value is -0.820. The summed E-state index contributed by atoms with van der Waals surface area (Å²) in [6.45, 7) is 0.920. The van der Waals surface area contributed by atoms with Gasteiger partial charge in [0.15, 0.2) is 0 Å². The summed E-state index contributed by atoms with van der Waals surface area (Å²) in [6.07, 6.45) is 2.18. The summed E-state index contributed by atoms with van der Waals surface area (Å²) in [4.78, 5) is 13.9. The topological polar surface area (TPSA) is 66.6 Å². The van der Waals surface area contributed by atoms with Crippen molar-refractivity contribution in [3.8, 4) is 0 Å². The third kappa shape index (κ3) is 2.09. The lowest BCUT2D eigenvalue weighted by Gasteiger charge is -2.47. The predicted molar refractivity (Wildman–Crippen MR) is 77.1 cm³/mol. The molecule has 2 aliphatic rings. The first-order valence-electron chi connectivity index (χ1n) is 6.06. The van der Waals surface area contributed by atoms with Gasteiger partial charge in [-0.25, -0.2) is 0 Å². The number of hydrogen-bond acceptors (Lipinski definition) is 3. The van der Waals surface area contributed by atoms with E-state index >= 15 is 0 Å². The van der Waals surface area contributed by atoms with E-state index in [0.29, 0.717) is 30.3 Å². The highest BCUT2D eigenvalue weighted by atomic mass is 127. The fraction of sp³-hybridized carbons (Fsp3) is 0.462. The van der Waals surface area contributed by atoms with Crippen LogP contribution in [-0.2, 0) is 0 Å². The molecule has 1 saturated carbocycles. The van der Waals surface area contributed by atoms with E-state index in [0.717, 1.165) is 16.4 Å². The van der Waals surface area contributed by atoms with Crippen molar-refractivity contribution in [1.29, 1.82) is 0 Å². The van der Waals surface area contributed by atoms with Crippen molar-refractivity contribution in [2.75, 3.05) is 18.8 Å². The normalized spacial score (nSPS) is 21.6. The highest BCUT2D eigenvalue weighted by Gasteiger charge is 2.53. The van der Waals surface area contributed by atoms with Gasteiger partial charge < -0.3 is 15.7 Å². The van der Waals surface area contributed by atoms with E-state index in [1.54, 1.807) is 11.0 Å². The second-order valence-corrected chi connectivity index (χ2v) is 6.56. The smallest absolute Gasteiger partial charge is 0.254 e. The quantitative estimate of drug-likeness (QED) is 0.622. The Labute approximate surface area is 119 Å². The van der Waals surface area contributed by atoms with Gasteiger partial charge in [0.05, 0.1) is 13.1 Å². The Morgan fingerprint density at radius 3 is 2.61 bits per heavy atom. The monoisotopic (exact) mass is 358 g/mol. The first-order chi connectivity index (χ1) is 8.48. The number of aliphatic hydroxyl groups is 1. The van der Waals surface area contributed by atoms with Crippen LogP contribution in [0.1, 0.15) is 23.2 Å². The number of nitrogen functional groups attached to an aromatic ring is 1. The van der Waals surface area contributed by atoms with E-state index in [2.05, 4.69) is 22.6 Å². The summed E-state index contributed by atoms with van der Waals surface area (Å²) in [5.41, 5.74) is 6.33. The summed E-state index contributed by atoms with van der Waals surface area (Å²) < 4.78 is 0.953. The first-order valence-corrected chi connectivity index (χ1v) is 7.13. The maximum Gasteiger partial charge on any atom is 0.254 e. The van der Waals surface area contributed by atoms with Crippen LogP contribution < -0.4 is 5.73 Å². The highest BCUT2D eigenvalue weighted by Crippen LogP contribution is 2.44. The van der Waals surface area contributed by atoms with Gasteiger partial charge in [-0.1, -0.05) is 0 Å². The lowest BCUT2D eigenvalue weighted by molar-refractivity contribution is -0.0958. The maximum atomic E-state index is 12.2. The lowest BCUT2D eigenvalue weighted by Crippen LogP contribution is -2.64. The van der Waals surface area contributed by atoms with Gasteiger partial charge in [0, 0.05) is 14.8 Å². The molecule has 0 atom stereocenters. The molecule has 1 heterocycles. The predicted octanol–water partition coefficient (Wildman–Crippen LogP) is 1.47. The number of carbonyl (C=O) groups is 1. The van der Waals surface area contributed by atoms with Crippen molar-refractivity contribution in [2.45, 2.75) is 18.4 Å². The molecule has 0 spiro atoms. The number of benzene rings is 1. The molecule has 1 aromatic carbocycles. The molecule has 0 unspecified atom stereocenters. The van der Waals surface area contributed by atoms with Gasteiger partial charge >= 0.3 is 0 Å². The summed E-state index contributed by atoms with van der Waals surface area (Å²) in [7, 11) is 0. The van der Waals surface area contributed by atoms with Gasteiger partial charge in [-0.05, 0) is 59.5 Å². The third-order valence-corrected chi connectivity index (χ3v) is 4.34. The number of halogens is 1. The number of β-amino-alcohol motifs (C(OH)–C–C–N with tert-alkyl or cyclic N) is 1. The van der Waals surface area contributed by atoms with Crippen molar-refractivity contribution >= 4 is 34.2 Å². The molecule has 0 aromatic heterocycles. The molecule has 1 aromatic rings. The number of nitrogens with two attached hydrogens (primary N) is 1. The van der Waals surface area contributed by atoms with Crippen molar-refractivity contribution in [1.82, 2.24) is 4.90 Å². The number of rotatable bonds is 2. The average Bonchev–Trinajstić information content (AvgIpc) is 3.06. The van der Waals surface area contributed by atoms with Crippen LogP contribution in [0.2, 0.25) is 0 Å². The number of anilines is 1.